The first-order chi connectivity index (χ1) is 7.77. The zero-order valence-electron chi connectivity index (χ0n) is 9.86. The molecule has 0 aromatic carbocycles. The average molecular weight is 242 g/mol. The fraction of sp³-hybridized carbons (Fsp3) is 0.917. The van der Waals surface area contributed by atoms with Crippen LogP contribution in [0.4, 0.5) is 0 Å². The van der Waals surface area contributed by atoms with E-state index in [9.17, 15) is 0 Å². The monoisotopic (exact) mass is 242 g/mol. The minimum atomic E-state index is 0.637. The SMILES string of the molecule is NC(=S)CN(C1CCCC1)C1CCOCC1. The maximum atomic E-state index is 5.73. The molecular formula is C12H22N2OS. The number of nitrogens with two attached hydrogens (primary N) is 1. The highest BCUT2D eigenvalue weighted by Crippen LogP contribution is 2.27. The molecule has 1 aliphatic heterocycles. The fourth-order valence-corrected chi connectivity index (χ4v) is 3.14. The molecule has 2 rings (SSSR count). The molecule has 4 heteroatoms. The Kier molecular flexibility index (Phi) is 4.55. The lowest BCUT2D eigenvalue weighted by Gasteiger charge is -2.38. The second-order valence-corrected chi connectivity index (χ2v) is 5.44. The number of nitrogens with zero attached hydrogens (tertiary/aromatic N) is 1. The zero-order valence-corrected chi connectivity index (χ0v) is 10.7. The largest absolute Gasteiger partial charge is 0.392 e. The Labute approximate surface area is 103 Å². The molecule has 0 aromatic rings. The van der Waals surface area contributed by atoms with Gasteiger partial charge in [-0.25, -0.2) is 0 Å². The van der Waals surface area contributed by atoms with Crippen LogP contribution in [0.5, 0.6) is 0 Å². The molecule has 0 unspecified atom stereocenters. The van der Waals surface area contributed by atoms with Crippen LogP contribution in [0.3, 0.4) is 0 Å². The molecule has 2 aliphatic rings. The van der Waals surface area contributed by atoms with Crippen molar-refractivity contribution in [2.45, 2.75) is 50.6 Å². The molecule has 92 valence electrons. The van der Waals surface area contributed by atoms with Crippen molar-refractivity contribution in [3.8, 4) is 0 Å². The first-order valence-electron chi connectivity index (χ1n) is 6.39. The Bertz CT molecular complexity index is 235. The Balaban J connectivity index is 1.96. The molecule has 0 atom stereocenters. The molecule has 1 saturated carbocycles. The van der Waals surface area contributed by atoms with Gasteiger partial charge in [0.15, 0.2) is 0 Å². The summed E-state index contributed by atoms with van der Waals surface area (Å²) in [5, 5.41) is 0. The van der Waals surface area contributed by atoms with Gasteiger partial charge >= 0.3 is 0 Å². The van der Waals surface area contributed by atoms with E-state index in [0.29, 0.717) is 17.1 Å². The summed E-state index contributed by atoms with van der Waals surface area (Å²) in [7, 11) is 0. The zero-order chi connectivity index (χ0) is 11.4. The van der Waals surface area contributed by atoms with Crippen LogP contribution in [-0.2, 0) is 4.74 Å². The van der Waals surface area contributed by atoms with E-state index in [1.54, 1.807) is 0 Å². The third kappa shape index (κ3) is 3.15. The van der Waals surface area contributed by atoms with E-state index >= 15 is 0 Å². The van der Waals surface area contributed by atoms with Gasteiger partial charge in [0.25, 0.3) is 0 Å². The topological polar surface area (TPSA) is 38.5 Å². The van der Waals surface area contributed by atoms with Gasteiger partial charge in [-0.15, -0.1) is 0 Å². The lowest BCUT2D eigenvalue weighted by molar-refractivity contribution is 0.0248. The van der Waals surface area contributed by atoms with Gasteiger partial charge in [-0.05, 0) is 25.7 Å². The van der Waals surface area contributed by atoms with Crippen molar-refractivity contribution in [2.24, 2.45) is 5.73 Å². The van der Waals surface area contributed by atoms with Crippen LogP contribution in [0.1, 0.15) is 38.5 Å². The minimum absolute atomic E-state index is 0.637. The van der Waals surface area contributed by atoms with E-state index in [-0.39, 0.29) is 0 Å². The molecule has 0 bridgehead atoms. The van der Waals surface area contributed by atoms with Gasteiger partial charge in [-0.1, -0.05) is 25.1 Å². The highest BCUT2D eigenvalue weighted by Gasteiger charge is 2.29. The third-order valence-electron chi connectivity index (χ3n) is 3.79. The van der Waals surface area contributed by atoms with Gasteiger partial charge in [-0.3, -0.25) is 4.90 Å². The first kappa shape index (κ1) is 12.3. The molecular weight excluding hydrogens is 220 g/mol. The molecule has 0 radical (unpaired) electrons. The van der Waals surface area contributed by atoms with Gasteiger partial charge in [0, 0.05) is 31.8 Å². The predicted octanol–water partition coefficient (Wildman–Crippen LogP) is 1.70. The third-order valence-corrected chi connectivity index (χ3v) is 3.92. The predicted molar refractivity (Wildman–Crippen MR) is 69.6 cm³/mol. The van der Waals surface area contributed by atoms with Crippen molar-refractivity contribution >= 4 is 17.2 Å². The highest BCUT2D eigenvalue weighted by molar-refractivity contribution is 7.80. The van der Waals surface area contributed by atoms with Crippen LogP contribution in [-0.4, -0.2) is 41.7 Å². The van der Waals surface area contributed by atoms with Gasteiger partial charge in [0.2, 0.25) is 0 Å². The maximum Gasteiger partial charge on any atom is 0.0870 e. The van der Waals surface area contributed by atoms with Crippen molar-refractivity contribution in [3.05, 3.63) is 0 Å². The van der Waals surface area contributed by atoms with E-state index in [4.69, 9.17) is 22.7 Å². The summed E-state index contributed by atoms with van der Waals surface area (Å²) in [6.07, 6.45) is 7.64. The number of ether oxygens (including phenoxy) is 1. The molecule has 3 nitrogen and oxygen atoms in total. The minimum Gasteiger partial charge on any atom is -0.392 e. The standard InChI is InChI=1S/C12H22N2OS/c13-12(16)9-14(10-3-1-2-4-10)11-5-7-15-8-6-11/h10-11H,1-9H2,(H2,13,16). The molecule has 1 saturated heterocycles. The van der Waals surface area contributed by atoms with Crippen LogP contribution >= 0.6 is 12.2 Å². The number of hydrogen-bond donors (Lipinski definition) is 1. The quantitative estimate of drug-likeness (QED) is 0.762. The second kappa shape index (κ2) is 5.94. The van der Waals surface area contributed by atoms with Crippen LogP contribution < -0.4 is 5.73 Å². The summed E-state index contributed by atoms with van der Waals surface area (Å²) >= 11 is 5.08. The first-order valence-corrected chi connectivity index (χ1v) is 6.80. The number of thiocarbonyl (C=S) groups is 1. The van der Waals surface area contributed by atoms with E-state index in [0.717, 1.165) is 32.6 Å². The van der Waals surface area contributed by atoms with E-state index in [1.807, 2.05) is 0 Å². The molecule has 2 N–H and O–H groups in total. The van der Waals surface area contributed by atoms with E-state index in [1.165, 1.54) is 25.7 Å². The van der Waals surface area contributed by atoms with Crippen LogP contribution in [0.2, 0.25) is 0 Å². The Hall–Kier alpha value is -0.190. The Morgan fingerprint density at radius 1 is 1.12 bits per heavy atom. The normalized spacial score (nSPS) is 24.1. The summed E-state index contributed by atoms with van der Waals surface area (Å²) in [6.45, 7) is 2.58. The van der Waals surface area contributed by atoms with E-state index < -0.39 is 0 Å². The average Bonchev–Trinajstić information content (AvgIpc) is 2.80. The smallest absolute Gasteiger partial charge is 0.0870 e. The number of rotatable bonds is 4. The molecule has 0 spiro atoms. The molecule has 0 aromatic heterocycles. The van der Waals surface area contributed by atoms with Crippen molar-refractivity contribution in [2.75, 3.05) is 19.8 Å². The summed E-state index contributed by atoms with van der Waals surface area (Å²) in [4.78, 5) is 3.19. The van der Waals surface area contributed by atoms with E-state index in [2.05, 4.69) is 4.90 Å². The van der Waals surface area contributed by atoms with Crippen molar-refractivity contribution in [1.29, 1.82) is 0 Å². The second-order valence-electron chi connectivity index (χ2n) is 4.92. The van der Waals surface area contributed by atoms with Gasteiger partial charge in [-0.2, -0.15) is 0 Å². The number of hydrogen-bond acceptors (Lipinski definition) is 3. The Morgan fingerprint density at radius 2 is 1.69 bits per heavy atom. The molecule has 1 heterocycles. The Morgan fingerprint density at radius 3 is 2.25 bits per heavy atom. The molecule has 0 amide bonds. The molecule has 1 aliphatic carbocycles. The molecule has 16 heavy (non-hydrogen) atoms. The fourth-order valence-electron chi connectivity index (χ4n) is 2.99. The summed E-state index contributed by atoms with van der Waals surface area (Å²) in [6, 6.07) is 1.35. The van der Waals surface area contributed by atoms with Gasteiger partial charge < -0.3 is 10.5 Å². The van der Waals surface area contributed by atoms with Crippen LogP contribution in [0.15, 0.2) is 0 Å². The summed E-state index contributed by atoms with van der Waals surface area (Å²) in [5.41, 5.74) is 5.73. The summed E-state index contributed by atoms with van der Waals surface area (Å²) in [5.74, 6) is 0. The van der Waals surface area contributed by atoms with Crippen LogP contribution in [0, 0.1) is 0 Å². The van der Waals surface area contributed by atoms with Crippen LogP contribution in [0.25, 0.3) is 0 Å². The van der Waals surface area contributed by atoms with Gasteiger partial charge in [0.05, 0.1) is 4.99 Å². The highest BCUT2D eigenvalue weighted by atomic mass is 32.1. The lowest BCUT2D eigenvalue weighted by atomic mass is 10.0. The van der Waals surface area contributed by atoms with Crippen molar-refractivity contribution in [1.82, 2.24) is 4.90 Å². The molecule has 2 fully saturated rings. The summed E-state index contributed by atoms with van der Waals surface area (Å²) < 4.78 is 5.43. The lowest BCUT2D eigenvalue weighted by Crippen LogP contribution is -2.48. The van der Waals surface area contributed by atoms with Crippen molar-refractivity contribution < 1.29 is 4.74 Å². The maximum absolute atomic E-state index is 5.73. The van der Waals surface area contributed by atoms with Crippen molar-refractivity contribution in [3.63, 3.8) is 0 Å². The van der Waals surface area contributed by atoms with Gasteiger partial charge in [0.1, 0.15) is 0 Å².